The maximum absolute atomic E-state index is 12.5. The number of likely N-dealkylation sites (N-methyl/N-ethyl adjacent to an activating group) is 1. The molecule has 0 aliphatic carbocycles. The van der Waals surface area contributed by atoms with E-state index in [0.29, 0.717) is 12.2 Å². The number of nitrogens with one attached hydrogen (secondary N) is 2. The molecule has 2 atom stereocenters. The van der Waals surface area contributed by atoms with Crippen LogP contribution < -0.4 is 10.2 Å². The Morgan fingerprint density at radius 2 is 1.96 bits per heavy atom. The fourth-order valence-corrected chi connectivity index (χ4v) is 3.38. The standard InChI is InChI=1S/C18H25N3O4S/c1-13-9-10-16(25-13)12-21(5)14(2)18(22)19-15-7-6-8-17(11-15)26(23,24)20(3)4/h6-11,14H,12H2,1-5H3,(H,19,22)/p+1/t14-/m1/s1. The third-order valence-corrected chi connectivity index (χ3v) is 6.07. The van der Waals surface area contributed by atoms with Crippen LogP contribution in [0.25, 0.3) is 0 Å². The number of anilines is 1. The number of furan rings is 1. The van der Waals surface area contributed by atoms with E-state index in [-0.39, 0.29) is 16.8 Å². The third kappa shape index (κ3) is 4.72. The zero-order chi connectivity index (χ0) is 19.5. The van der Waals surface area contributed by atoms with Crippen molar-refractivity contribution in [3.63, 3.8) is 0 Å². The van der Waals surface area contributed by atoms with Crippen molar-refractivity contribution in [3.05, 3.63) is 47.9 Å². The Morgan fingerprint density at radius 3 is 2.54 bits per heavy atom. The van der Waals surface area contributed by atoms with Gasteiger partial charge >= 0.3 is 0 Å². The van der Waals surface area contributed by atoms with Crippen LogP contribution in [-0.2, 0) is 21.4 Å². The van der Waals surface area contributed by atoms with Gasteiger partial charge in [0.05, 0.1) is 11.9 Å². The number of amides is 1. The molecule has 0 saturated heterocycles. The number of carbonyl (C=O) groups excluding carboxylic acids is 1. The molecule has 2 N–H and O–H groups in total. The highest BCUT2D eigenvalue weighted by molar-refractivity contribution is 7.89. The minimum Gasteiger partial charge on any atom is -0.460 e. The first-order valence-corrected chi connectivity index (χ1v) is 9.76. The average molecular weight is 380 g/mol. The van der Waals surface area contributed by atoms with Crippen molar-refractivity contribution in [1.29, 1.82) is 0 Å². The van der Waals surface area contributed by atoms with Gasteiger partial charge in [0.2, 0.25) is 10.0 Å². The molecule has 1 aromatic carbocycles. The van der Waals surface area contributed by atoms with Crippen molar-refractivity contribution in [3.8, 4) is 0 Å². The van der Waals surface area contributed by atoms with Gasteiger partial charge in [-0.25, -0.2) is 12.7 Å². The predicted molar refractivity (Wildman–Crippen MR) is 99.4 cm³/mol. The summed E-state index contributed by atoms with van der Waals surface area (Å²) in [5.74, 6) is 1.47. The second kappa shape index (κ2) is 8.03. The molecule has 2 aromatic rings. The lowest BCUT2D eigenvalue weighted by molar-refractivity contribution is -0.908. The average Bonchev–Trinajstić information content (AvgIpc) is 2.98. The van der Waals surface area contributed by atoms with Gasteiger partial charge in [-0.15, -0.1) is 0 Å². The highest BCUT2D eigenvalue weighted by atomic mass is 32.2. The summed E-state index contributed by atoms with van der Waals surface area (Å²) in [6, 6.07) is 9.71. The van der Waals surface area contributed by atoms with Crippen molar-refractivity contribution in [1.82, 2.24) is 4.31 Å². The number of hydrogen-bond donors (Lipinski definition) is 2. The summed E-state index contributed by atoms with van der Waals surface area (Å²) >= 11 is 0. The SMILES string of the molecule is Cc1ccc(C[NH+](C)[C@H](C)C(=O)Nc2cccc(S(=O)(=O)N(C)C)c2)o1. The Kier molecular flexibility index (Phi) is 6.22. The van der Waals surface area contributed by atoms with E-state index >= 15 is 0 Å². The highest BCUT2D eigenvalue weighted by Gasteiger charge is 2.24. The number of nitrogens with zero attached hydrogens (tertiary/aromatic N) is 1. The Labute approximate surface area is 154 Å². The fraction of sp³-hybridized carbons (Fsp3) is 0.389. The van der Waals surface area contributed by atoms with Crippen molar-refractivity contribution in [2.45, 2.75) is 31.3 Å². The van der Waals surface area contributed by atoms with Crippen LogP contribution in [0.4, 0.5) is 5.69 Å². The minimum atomic E-state index is -3.55. The van der Waals surface area contributed by atoms with Crippen LogP contribution in [0.2, 0.25) is 0 Å². The summed E-state index contributed by atoms with van der Waals surface area (Å²) < 4.78 is 31.1. The normalized spacial score (nSPS) is 14.2. The maximum Gasteiger partial charge on any atom is 0.282 e. The molecule has 0 aliphatic rings. The first-order chi connectivity index (χ1) is 12.1. The van der Waals surface area contributed by atoms with Crippen LogP contribution in [0.5, 0.6) is 0 Å². The summed E-state index contributed by atoms with van der Waals surface area (Å²) in [6.07, 6.45) is 0. The summed E-state index contributed by atoms with van der Waals surface area (Å²) in [7, 11) is 1.31. The van der Waals surface area contributed by atoms with Crippen LogP contribution >= 0.6 is 0 Å². The molecule has 1 amide bonds. The molecule has 0 radical (unpaired) electrons. The van der Waals surface area contributed by atoms with Gasteiger partial charge in [0.15, 0.2) is 11.8 Å². The molecule has 1 aromatic heterocycles. The molecule has 0 spiro atoms. The first kappa shape index (κ1) is 20.2. The van der Waals surface area contributed by atoms with E-state index in [4.69, 9.17) is 4.42 Å². The van der Waals surface area contributed by atoms with E-state index in [2.05, 4.69) is 5.32 Å². The number of benzene rings is 1. The molecular weight excluding hydrogens is 354 g/mol. The Hall–Kier alpha value is -2.16. The smallest absolute Gasteiger partial charge is 0.282 e. The number of rotatable bonds is 7. The van der Waals surface area contributed by atoms with Gasteiger partial charge in [0, 0.05) is 19.8 Å². The minimum absolute atomic E-state index is 0.139. The first-order valence-electron chi connectivity index (χ1n) is 8.32. The van der Waals surface area contributed by atoms with Crippen LogP contribution in [0.3, 0.4) is 0 Å². The van der Waals surface area contributed by atoms with Gasteiger partial charge in [-0.3, -0.25) is 4.79 Å². The van der Waals surface area contributed by atoms with Crippen molar-refractivity contribution in [2.75, 3.05) is 26.5 Å². The lowest BCUT2D eigenvalue weighted by Crippen LogP contribution is -3.12. The number of sulfonamides is 1. The predicted octanol–water partition coefficient (Wildman–Crippen LogP) is 0.880. The lowest BCUT2D eigenvalue weighted by atomic mass is 10.2. The van der Waals surface area contributed by atoms with E-state index in [9.17, 15) is 13.2 Å². The Balaban J connectivity index is 2.07. The molecule has 1 unspecified atom stereocenters. The monoisotopic (exact) mass is 380 g/mol. The molecule has 8 heteroatoms. The van der Waals surface area contributed by atoms with E-state index in [1.807, 2.05) is 33.0 Å². The molecule has 0 aliphatic heterocycles. The van der Waals surface area contributed by atoms with E-state index in [0.717, 1.165) is 20.7 Å². The number of quaternary nitrogens is 1. The van der Waals surface area contributed by atoms with Crippen LogP contribution in [0, 0.1) is 6.92 Å². The Bertz CT molecular complexity index is 874. The van der Waals surface area contributed by atoms with E-state index < -0.39 is 10.0 Å². The van der Waals surface area contributed by atoms with Gasteiger partial charge in [-0.05, 0) is 44.2 Å². The summed E-state index contributed by atoms with van der Waals surface area (Å²) in [4.78, 5) is 13.6. The van der Waals surface area contributed by atoms with Crippen LogP contribution in [0.1, 0.15) is 18.4 Å². The molecule has 0 saturated carbocycles. The van der Waals surface area contributed by atoms with Crippen LogP contribution in [0.15, 0.2) is 45.7 Å². The fourth-order valence-electron chi connectivity index (χ4n) is 2.43. The topological polar surface area (TPSA) is 84.1 Å². The number of aryl methyl sites for hydroxylation is 1. The number of carbonyl (C=O) groups is 1. The van der Waals surface area contributed by atoms with Gasteiger partial charge in [-0.2, -0.15) is 0 Å². The molecule has 142 valence electrons. The molecule has 0 fully saturated rings. The molecule has 2 rings (SSSR count). The number of hydrogen-bond acceptors (Lipinski definition) is 4. The van der Waals surface area contributed by atoms with Gasteiger partial charge in [-0.1, -0.05) is 6.07 Å². The zero-order valence-corrected chi connectivity index (χ0v) is 16.6. The van der Waals surface area contributed by atoms with Crippen molar-refractivity contribution < 1.29 is 22.5 Å². The zero-order valence-electron chi connectivity index (χ0n) is 15.7. The maximum atomic E-state index is 12.5. The van der Waals surface area contributed by atoms with Crippen LogP contribution in [-0.4, -0.2) is 45.8 Å². The molecule has 1 heterocycles. The summed E-state index contributed by atoms with van der Waals surface area (Å²) in [5.41, 5.74) is 0.450. The summed E-state index contributed by atoms with van der Waals surface area (Å²) in [5, 5.41) is 2.79. The molecule has 26 heavy (non-hydrogen) atoms. The largest absolute Gasteiger partial charge is 0.460 e. The molecule has 0 bridgehead atoms. The Morgan fingerprint density at radius 1 is 1.27 bits per heavy atom. The van der Waals surface area contributed by atoms with E-state index in [1.54, 1.807) is 12.1 Å². The second-order valence-electron chi connectivity index (χ2n) is 6.56. The second-order valence-corrected chi connectivity index (χ2v) is 8.71. The quantitative estimate of drug-likeness (QED) is 0.747. The van der Waals surface area contributed by atoms with Crippen molar-refractivity contribution in [2.24, 2.45) is 0 Å². The van der Waals surface area contributed by atoms with E-state index in [1.165, 1.54) is 26.2 Å². The van der Waals surface area contributed by atoms with Gasteiger partial charge in [0.25, 0.3) is 5.91 Å². The third-order valence-electron chi connectivity index (χ3n) is 4.26. The van der Waals surface area contributed by atoms with Gasteiger partial charge < -0.3 is 14.6 Å². The molecular formula is C18H26N3O4S+. The molecule has 7 nitrogen and oxygen atoms in total. The van der Waals surface area contributed by atoms with Crippen molar-refractivity contribution >= 4 is 21.6 Å². The summed E-state index contributed by atoms with van der Waals surface area (Å²) in [6.45, 7) is 4.28. The highest BCUT2D eigenvalue weighted by Crippen LogP contribution is 2.18. The van der Waals surface area contributed by atoms with Gasteiger partial charge in [0.1, 0.15) is 12.3 Å². The lowest BCUT2D eigenvalue weighted by Gasteiger charge is -2.20.